The minimum Gasteiger partial charge on any atom is -0.342 e. The molecule has 3 aromatic heterocycles. The molecule has 0 aromatic carbocycles. The maximum Gasteiger partial charge on any atom is 0.238 e. The van der Waals surface area contributed by atoms with Gasteiger partial charge in [-0.05, 0) is 44.2 Å². The van der Waals surface area contributed by atoms with E-state index in [2.05, 4.69) is 20.2 Å². The maximum absolute atomic E-state index is 12.7. The first-order valence-corrected chi connectivity index (χ1v) is 10.9. The molecule has 6 nitrogen and oxygen atoms in total. The van der Waals surface area contributed by atoms with Gasteiger partial charge in [0.25, 0.3) is 0 Å². The number of hydrogen-bond acceptors (Lipinski definition) is 6. The number of hydrogen-bond donors (Lipinski definition) is 0. The minimum absolute atomic E-state index is 0.0259. The number of piperidine rings is 1. The van der Waals surface area contributed by atoms with E-state index in [4.69, 9.17) is 0 Å². The number of carbonyl (C=O) groups is 1. The molecule has 3 aromatic rings. The Morgan fingerprint density at radius 2 is 2.00 bits per heavy atom. The van der Waals surface area contributed by atoms with Crippen molar-refractivity contribution in [1.82, 2.24) is 25.1 Å². The summed E-state index contributed by atoms with van der Waals surface area (Å²) >= 11 is 1.51. The fourth-order valence-electron chi connectivity index (χ4n) is 3.80. The van der Waals surface area contributed by atoms with Crippen molar-refractivity contribution in [3.8, 4) is 10.6 Å². The second-order valence-corrected chi connectivity index (χ2v) is 8.87. The van der Waals surface area contributed by atoms with Crippen LogP contribution in [-0.2, 0) is 11.2 Å². The molecule has 1 aliphatic heterocycles. The van der Waals surface area contributed by atoms with Gasteiger partial charge in [0.05, 0.1) is 23.8 Å². The molecule has 4 heterocycles. The number of likely N-dealkylation sites (tertiary alicyclic amines) is 1. The zero-order valence-electron chi connectivity index (χ0n) is 16.7. The molecule has 0 unspecified atom stereocenters. The number of aromatic nitrogens is 4. The number of alkyl halides is 2. The van der Waals surface area contributed by atoms with E-state index in [-0.39, 0.29) is 24.7 Å². The van der Waals surface area contributed by atoms with Crippen molar-refractivity contribution in [3.63, 3.8) is 0 Å². The second kappa shape index (κ2) is 9.07. The first-order valence-electron chi connectivity index (χ1n) is 10.1. The highest BCUT2D eigenvalue weighted by atomic mass is 32.1. The lowest BCUT2D eigenvalue weighted by molar-refractivity contribution is -0.132. The van der Waals surface area contributed by atoms with Gasteiger partial charge in [-0.25, -0.2) is 8.78 Å². The fraction of sp³-hybridized carbons (Fsp3) is 0.476. The standard InChI is InChI=1S/C21H23F2N5OS/c1-13-26-27-21(30-13)16-8-15-9-17(24-12-18(15)25-11-16)10-20(29)28-6-4-14(5-7-28)2-3-19(22)23/h8-9,11-12,14,19H,2-7,10H2,1H3. The van der Waals surface area contributed by atoms with E-state index in [1.807, 2.05) is 24.0 Å². The topological polar surface area (TPSA) is 71.9 Å². The summed E-state index contributed by atoms with van der Waals surface area (Å²) in [5.41, 5.74) is 2.35. The van der Waals surface area contributed by atoms with E-state index >= 15 is 0 Å². The van der Waals surface area contributed by atoms with Crippen LogP contribution in [0.4, 0.5) is 8.78 Å². The lowest BCUT2D eigenvalue weighted by Gasteiger charge is -2.32. The van der Waals surface area contributed by atoms with Crippen LogP contribution in [0.15, 0.2) is 24.5 Å². The number of nitrogens with zero attached hydrogens (tertiary/aromatic N) is 5. The number of carbonyl (C=O) groups excluding carboxylic acids is 1. The first kappa shape index (κ1) is 20.7. The molecule has 0 radical (unpaired) electrons. The second-order valence-electron chi connectivity index (χ2n) is 7.69. The molecular formula is C21H23F2N5OS. The molecule has 9 heteroatoms. The molecule has 1 saturated heterocycles. The highest BCUT2D eigenvalue weighted by Gasteiger charge is 2.23. The number of amides is 1. The summed E-state index contributed by atoms with van der Waals surface area (Å²) < 4.78 is 24.8. The van der Waals surface area contributed by atoms with Gasteiger partial charge in [-0.1, -0.05) is 11.3 Å². The quantitative estimate of drug-likeness (QED) is 0.582. The van der Waals surface area contributed by atoms with E-state index in [0.29, 0.717) is 25.2 Å². The summed E-state index contributed by atoms with van der Waals surface area (Å²) in [5.74, 6) is 0.313. The lowest BCUT2D eigenvalue weighted by atomic mass is 9.92. The number of aryl methyl sites for hydroxylation is 1. The lowest BCUT2D eigenvalue weighted by Crippen LogP contribution is -2.39. The van der Waals surface area contributed by atoms with Gasteiger partial charge in [0.1, 0.15) is 10.0 Å². The molecule has 0 saturated carbocycles. The molecule has 1 amide bonds. The molecule has 1 aliphatic rings. The van der Waals surface area contributed by atoms with Gasteiger partial charge >= 0.3 is 0 Å². The van der Waals surface area contributed by atoms with Crippen LogP contribution < -0.4 is 0 Å². The Kier molecular flexibility index (Phi) is 6.26. The number of pyridine rings is 2. The van der Waals surface area contributed by atoms with Crippen LogP contribution in [0.5, 0.6) is 0 Å². The molecule has 158 valence electrons. The highest BCUT2D eigenvalue weighted by molar-refractivity contribution is 7.14. The molecule has 0 bridgehead atoms. The Labute approximate surface area is 177 Å². The van der Waals surface area contributed by atoms with Crippen LogP contribution in [0, 0.1) is 12.8 Å². The molecule has 0 N–H and O–H groups in total. The first-order chi connectivity index (χ1) is 14.5. The van der Waals surface area contributed by atoms with Crippen LogP contribution in [0.25, 0.3) is 21.5 Å². The third kappa shape index (κ3) is 4.95. The van der Waals surface area contributed by atoms with E-state index < -0.39 is 6.43 Å². The van der Waals surface area contributed by atoms with E-state index in [9.17, 15) is 13.6 Å². The van der Waals surface area contributed by atoms with Crippen molar-refractivity contribution in [2.75, 3.05) is 13.1 Å². The summed E-state index contributed by atoms with van der Waals surface area (Å²) in [6.07, 6.45) is 3.49. The van der Waals surface area contributed by atoms with Crippen LogP contribution in [0.1, 0.15) is 36.4 Å². The van der Waals surface area contributed by atoms with Crippen molar-refractivity contribution in [3.05, 3.63) is 35.2 Å². The summed E-state index contributed by atoms with van der Waals surface area (Å²) in [6.45, 7) is 3.16. The zero-order chi connectivity index (χ0) is 21.1. The number of fused-ring (bicyclic) bond motifs is 1. The third-order valence-corrected chi connectivity index (χ3v) is 6.38. The van der Waals surface area contributed by atoms with Gasteiger partial charge in [0, 0.05) is 36.7 Å². The largest absolute Gasteiger partial charge is 0.342 e. The van der Waals surface area contributed by atoms with Crippen LogP contribution in [0.3, 0.4) is 0 Å². The predicted octanol–water partition coefficient (Wildman–Crippen LogP) is 4.28. The van der Waals surface area contributed by atoms with E-state index in [0.717, 1.165) is 39.3 Å². The molecule has 30 heavy (non-hydrogen) atoms. The van der Waals surface area contributed by atoms with E-state index in [1.165, 1.54) is 11.3 Å². The Bertz CT molecular complexity index is 1030. The van der Waals surface area contributed by atoms with Gasteiger partial charge in [-0.15, -0.1) is 10.2 Å². The third-order valence-electron chi connectivity index (χ3n) is 5.49. The molecule has 0 aliphatic carbocycles. The molecule has 1 fully saturated rings. The van der Waals surface area contributed by atoms with Gasteiger partial charge in [0.2, 0.25) is 12.3 Å². The Morgan fingerprint density at radius 3 is 2.70 bits per heavy atom. The van der Waals surface area contributed by atoms with Gasteiger partial charge in [0.15, 0.2) is 0 Å². The van der Waals surface area contributed by atoms with Crippen molar-refractivity contribution >= 4 is 28.1 Å². The predicted molar refractivity (Wildman–Crippen MR) is 111 cm³/mol. The van der Waals surface area contributed by atoms with E-state index in [1.54, 1.807) is 12.4 Å². The number of rotatable bonds is 6. The molecule has 4 rings (SSSR count). The summed E-state index contributed by atoms with van der Waals surface area (Å²) in [4.78, 5) is 23.4. The van der Waals surface area contributed by atoms with Crippen LogP contribution >= 0.6 is 11.3 Å². The monoisotopic (exact) mass is 431 g/mol. The fourth-order valence-corrected chi connectivity index (χ4v) is 4.48. The average Bonchev–Trinajstić information content (AvgIpc) is 3.18. The Hall–Kier alpha value is -2.55. The van der Waals surface area contributed by atoms with Gasteiger partial charge in [-0.2, -0.15) is 0 Å². The van der Waals surface area contributed by atoms with Crippen molar-refractivity contribution < 1.29 is 13.6 Å². The van der Waals surface area contributed by atoms with Gasteiger partial charge in [-0.3, -0.25) is 14.8 Å². The van der Waals surface area contributed by atoms with Crippen molar-refractivity contribution in [2.45, 2.75) is 45.5 Å². The highest BCUT2D eigenvalue weighted by Crippen LogP contribution is 2.26. The SMILES string of the molecule is Cc1nnc(-c2cnc3cnc(CC(=O)N4CCC(CCC(F)F)CC4)cc3c2)s1. The molecule has 0 spiro atoms. The zero-order valence-corrected chi connectivity index (χ0v) is 17.5. The average molecular weight is 432 g/mol. The van der Waals surface area contributed by atoms with Gasteiger partial charge < -0.3 is 4.90 Å². The van der Waals surface area contributed by atoms with Crippen LogP contribution in [0.2, 0.25) is 0 Å². The molecular weight excluding hydrogens is 408 g/mol. The summed E-state index contributed by atoms with van der Waals surface area (Å²) in [6, 6.07) is 3.89. The van der Waals surface area contributed by atoms with Crippen molar-refractivity contribution in [1.29, 1.82) is 0 Å². The summed E-state index contributed by atoms with van der Waals surface area (Å²) in [5, 5.41) is 10.8. The molecule has 0 atom stereocenters. The normalized spacial score (nSPS) is 15.3. The Balaban J connectivity index is 1.40. The van der Waals surface area contributed by atoms with Crippen LogP contribution in [-0.4, -0.2) is 50.5 Å². The Morgan fingerprint density at radius 1 is 1.20 bits per heavy atom. The minimum atomic E-state index is -2.24. The summed E-state index contributed by atoms with van der Waals surface area (Å²) in [7, 11) is 0. The maximum atomic E-state index is 12.7. The smallest absolute Gasteiger partial charge is 0.238 e. The van der Waals surface area contributed by atoms with Crippen molar-refractivity contribution in [2.24, 2.45) is 5.92 Å². The number of halogens is 2.